The molecule has 63 heavy (non-hydrogen) atoms. The number of rotatable bonds is 33. The van der Waals surface area contributed by atoms with E-state index in [0.29, 0.717) is 59.5 Å². The zero-order valence-electron chi connectivity index (χ0n) is 39.5. The summed E-state index contributed by atoms with van der Waals surface area (Å²) in [6, 6.07) is 27.0. The second-order valence-corrected chi connectivity index (χ2v) is 17.1. The molecule has 7 nitrogen and oxygen atoms in total. The molecular formula is C56H78O7. The van der Waals surface area contributed by atoms with Gasteiger partial charge in [0.15, 0.2) is 11.5 Å². The Balaban J connectivity index is 1.53. The molecule has 0 unspecified atom stereocenters. The lowest BCUT2D eigenvalue weighted by Crippen LogP contribution is -2.11. The number of aliphatic hydroxyl groups excluding tert-OH is 1. The first-order chi connectivity index (χ1) is 31.0. The van der Waals surface area contributed by atoms with Crippen LogP contribution < -0.4 is 14.2 Å². The van der Waals surface area contributed by atoms with Gasteiger partial charge in [0.05, 0.1) is 66.1 Å². The van der Waals surface area contributed by atoms with Gasteiger partial charge < -0.3 is 33.5 Å². The summed E-state index contributed by atoms with van der Waals surface area (Å²) < 4.78 is 36.8. The number of benzene rings is 5. The number of aliphatic hydroxyl groups is 1. The number of hydrogen-bond donors (Lipinski definition) is 1. The molecule has 0 heterocycles. The Morgan fingerprint density at radius 2 is 0.825 bits per heavy atom. The molecule has 0 saturated carbocycles. The van der Waals surface area contributed by atoms with Gasteiger partial charge in [0.2, 0.25) is 0 Å². The smallest absolute Gasteiger partial charge is 0.161 e. The second kappa shape index (κ2) is 28.6. The van der Waals surface area contributed by atoms with E-state index in [-0.39, 0.29) is 6.61 Å². The van der Waals surface area contributed by atoms with Gasteiger partial charge in [-0.25, -0.2) is 0 Å². The van der Waals surface area contributed by atoms with E-state index < -0.39 is 0 Å². The predicted octanol–water partition coefficient (Wildman–Crippen LogP) is 14.5. The van der Waals surface area contributed by atoms with Crippen LogP contribution >= 0.6 is 0 Å². The number of fused-ring (bicyclic) bond motifs is 2. The zero-order valence-corrected chi connectivity index (χ0v) is 39.5. The van der Waals surface area contributed by atoms with Gasteiger partial charge in [-0.05, 0) is 101 Å². The van der Waals surface area contributed by atoms with E-state index in [4.69, 9.17) is 33.5 Å². The lowest BCUT2D eigenvalue weighted by Gasteiger charge is -2.21. The molecule has 0 aliphatic rings. The van der Waals surface area contributed by atoms with Crippen LogP contribution in [-0.2, 0) is 20.8 Å². The average Bonchev–Trinajstić information content (AvgIpc) is 3.29. The van der Waals surface area contributed by atoms with Crippen molar-refractivity contribution >= 4 is 21.5 Å². The van der Waals surface area contributed by atoms with Gasteiger partial charge in [-0.3, -0.25) is 0 Å². The van der Waals surface area contributed by atoms with Crippen LogP contribution in [0, 0.1) is 13.8 Å². The lowest BCUT2D eigenvalue weighted by atomic mass is 9.84. The van der Waals surface area contributed by atoms with Crippen LogP contribution in [0.25, 0.3) is 43.8 Å². The summed E-state index contributed by atoms with van der Waals surface area (Å²) in [6.45, 7) is 15.7. The van der Waals surface area contributed by atoms with Crippen LogP contribution in [0.5, 0.6) is 17.2 Å². The van der Waals surface area contributed by atoms with E-state index >= 15 is 0 Å². The fourth-order valence-electron chi connectivity index (χ4n) is 8.31. The molecule has 0 aromatic heterocycles. The van der Waals surface area contributed by atoms with Gasteiger partial charge in [-0.2, -0.15) is 0 Å². The summed E-state index contributed by atoms with van der Waals surface area (Å²) in [6.07, 6.45) is 17.9. The van der Waals surface area contributed by atoms with E-state index in [1.165, 1.54) is 121 Å². The van der Waals surface area contributed by atoms with Gasteiger partial charge in [0.25, 0.3) is 0 Å². The summed E-state index contributed by atoms with van der Waals surface area (Å²) in [4.78, 5) is 0. The van der Waals surface area contributed by atoms with Crippen molar-refractivity contribution < 1.29 is 33.5 Å². The molecule has 0 bridgehead atoms. The van der Waals surface area contributed by atoms with Crippen molar-refractivity contribution in [1.82, 2.24) is 0 Å². The molecule has 0 atom stereocenters. The van der Waals surface area contributed by atoms with Crippen molar-refractivity contribution in [2.45, 2.75) is 138 Å². The first kappa shape index (κ1) is 49.9. The van der Waals surface area contributed by atoms with Crippen molar-refractivity contribution in [3.8, 4) is 39.5 Å². The SMILES string of the molecule is CCCCCCCOc1ccc(-c2c3ccc(C)cc3c(-c3ccc(OCCCCCCC)c(OCCCCCCC)c3)c3ccc(C)cc23)cc1COCCOCCOCCO. The molecule has 0 aliphatic carbocycles. The Kier molecular flexibility index (Phi) is 22.6. The van der Waals surface area contributed by atoms with Crippen molar-refractivity contribution in [3.05, 3.63) is 89.5 Å². The van der Waals surface area contributed by atoms with Gasteiger partial charge in [-0.1, -0.05) is 157 Å². The minimum atomic E-state index is 0.0128. The Labute approximate surface area is 379 Å². The molecule has 344 valence electrons. The number of ether oxygens (including phenoxy) is 6. The Morgan fingerprint density at radius 1 is 0.381 bits per heavy atom. The Bertz CT molecular complexity index is 2070. The molecule has 0 radical (unpaired) electrons. The maximum absolute atomic E-state index is 8.96. The third kappa shape index (κ3) is 15.8. The summed E-state index contributed by atoms with van der Waals surface area (Å²) >= 11 is 0. The molecular weight excluding hydrogens is 785 g/mol. The van der Waals surface area contributed by atoms with Crippen LogP contribution in [0.4, 0.5) is 0 Å². The topological polar surface area (TPSA) is 75.6 Å². The molecule has 0 spiro atoms. The van der Waals surface area contributed by atoms with E-state index in [9.17, 15) is 0 Å². The molecule has 0 amide bonds. The van der Waals surface area contributed by atoms with Gasteiger partial charge in [0.1, 0.15) is 5.75 Å². The van der Waals surface area contributed by atoms with Crippen LogP contribution in [0.15, 0.2) is 72.8 Å². The van der Waals surface area contributed by atoms with Gasteiger partial charge >= 0.3 is 0 Å². The van der Waals surface area contributed by atoms with E-state index in [0.717, 1.165) is 53.2 Å². The average molecular weight is 863 g/mol. The third-order valence-corrected chi connectivity index (χ3v) is 11.8. The molecule has 0 saturated heterocycles. The fourth-order valence-corrected chi connectivity index (χ4v) is 8.31. The maximum atomic E-state index is 8.96. The van der Waals surface area contributed by atoms with Gasteiger partial charge in [-0.15, -0.1) is 0 Å². The number of aryl methyl sites for hydroxylation is 2. The van der Waals surface area contributed by atoms with Crippen molar-refractivity contribution in [3.63, 3.8) is 0 Å². The number of hydrogen-bond acceptors (Lipinski definition) is 7. The highest BCUT2D eigenvalue weighted by Crippen LogP contribution is 2.46. The van der Waals surface area contributed by atoms with Gasteiger partial charge in [0, 0.05) is 5.56 Å². The third-order valence-electron chi connectivity index (χ3n) is 11.8. The summed E-state index contributed by atoms with van der Waals surface area (Å²) in [5, 5.41) is 13.8. The molecule has 7 heteroatoms. The van der Waals surface area contributed by atoms with Crippen LogP contribution in [-0.4, -0.2) is 64.6 Å². The Hall–Kier alpha value is -4.14. The van der Waals surface area contributed by atoms with E-state index in [1.807, 2.05) is 0 Å². The highest BCUT2D eigenvalue weighted by Gasteiger charge is 2.20. The standard InChI is InChI=1S/C56H78O7/c1-6-9-12-15-18-30-61-52-27-23-45(40-47(52)42-60-37-36-59-35-34-58-33-29-57)55-48-25-21-44(5)39-51(48)56(49-26-22-43(4)38-50(49)55)46-24-28-53(62-31-19-16-13-10-7-2)54(41-46)63-32-20-17-14-11-8-3/h21-28,38-41,57H,6-20,29-37,42H2,1-5H3. The zero-order chi connectivity index (χ0) is 44.5. The monoisotopic (exact) mass is 863 g/mol. The molecule has 0 aliphatic heterocycles. The van der Waals surface area contributed by atoms with Crippen LogP contribution in [0.1, 0.15) is 134 Å². The first-order valence-electron chi connectivity index (χ1n) is 24.5. The van der Waals surface area contributed by atoms with Crippen molar-refractivity contribution in [1.29, 1.82) is 0 Å². The normalized spacial score (nSPS) is 11.5. The molecule has 5 rings (SSSR count). The highest BCUT2D eigenvalue weighted by molar-refractivity contribution is 6.21. The fraction of sp³-hybridized carbons (Fsp3) is 0.536. The summed E-state index contributed by atoms with van der Waals surface area (Å²) in [5.74, 6) is 2.52. The second-order valence-electron chi connectivity index (χ2n) is 17.1. The van der Waals surface area contributed by atoms with E-state index in [2.05, 4.69) is 107 Å². The van der Waals surface area contributed by atoms with Crippen LogP contribution in [0.3, 0.4) is 0 Å². The minimum Gasteiger partial charge on any atom is -0.493 e. The van der Waals surface area contributed by atoms with E-state index in [1.54, 1.807) is 0 Å². The quantitative estimate of drug-likeness (QED) is 0.0333. The first-order valence-corrected chi connectivity index (χ1v) is 24.5. The molecule has 5 aromatic rings. The maximum Gasteiger partial charge on any atom is 0.161 e. The van der Waals surface area contributed by atoms with Crippen LogP contribution in [0.2, 0.25) is 0 Å². The number of unbranched alkanes of at least 4 members (excludes halogenated alkanes) is 12. The van der Waals surface area contributed by atoms with Crippen molar-refractivity contribution in [2.75, 3.05) is 59.5 Å². The largest absolute Gasteiger partial charge is 0.493 e. The Morgan fingerprint density at radius 3 is 1.35 bits per heavy atom. The molecule has 0 fully saturated rings. The summed E-state index contributed by atoms with van der Waals surface area (Å²) in [7, 11) is 0. The highest BCUT2D eigenvalue weighted by atomic mass is 16.5. The molecule has 5 aromatic carbocycles. The summed E-state index contributed by atoms with van der Waals surface area (Å²) in [5.41, 5.74) is 8.12. The predicted molar refractivity (Wildman–Crippen MR) is 263 cm³/mol. The molecule has 1 N–H and O–H groups in total. The van der Waals surface area contributed by atoms with Crippen molar-refractivity contribution in [2.24, 2.45) is 0 Å². The minimum absolute atomic E-state index is 0.0128. The lowest BCUT2D eigenvalue weighted by molar-refractivity contribution is 0.00422.